The van der Waals surface area contributed by atoms with Gasteiger partial charge in [-0.2, -0.15) is 0 Å². The molecule has 1 aromatic heterocycles. The quantitative estimate of drug-likeness (QED) is 0.909. The number of likely N-dealkylation sites (tertiary alicyclic amines) is 1. The van der Waals surface area contributed by atoms with Gasteiger partial charge in [0.25, 0.3) is 5.91 Å². The molecule has 0 radical (unpaired) electrons. The summed E-state index contributed by atoms with van der Waals surface area (Å²) in [5.74, 6) is 0.0531. The van der Waals surface area contributed by atoms with Gasteiger partial charge >= 0.3 is 0 Å². The smallest absolute Gasteiger partial charge is 0.257 e. The van der Waals surface area contributed by atoms with E-state index in [1.807, 2.05) is 25.1 Å². The lowest BCUT2D eigenvalue weighted by Crippen LogP contribution is -2.45. The number of carbonyl (C=O) groups excluding carboxylic acids is 1. The Bertz CT molecular complexity index is 455. The Morgan fingerprint density at radius 3 is 2.80 bits per heavy atom. The lowest BCUT2D eigenvalue weighted by atomic mass is 10.0. The summed E-state index contributed by atoms with van der Waals surface area (Å²) in [6.07, 6.45) is 5.44. The average Bonchev–Trinajstić information content (AvgIpc) is 2.53. The van der Waals surface area contributed by atoms with Crippen molar-refractivity contribution < 1.29 is 4.79 Å². The SMILES string of the molecule is CCN1CCC(N(C)C(=O)c2cnccc2NC)CC1. The van der Waals surface area contributed by atoms with Crippen molar-refractivity contribution in [3.05, 3.63) is 24.0 Å². The summed E-state index contributed by atoms with van der Waals surface area (Å²) in [7, 11) is 3.73. The van der Waals surface area contributed by atoms with E-state index in [2.05, 4.69) is 22.1 Å². The van der Waals surface area contributed by atoms with Crippen LogP contribution in [0.1, 0.15) is 30.1 Å². The predicted molar refractivity (Wildman–Crippen MR) is 81.0 cm³/mol. The second-order valence-electron chi connectivity index (χ2n) is 5.25. The van der Waals surface area contributed by atoms with Crippen LogP contribution in [-0.2, 0) is 0 Å². The molecule has 5 heteroatoms. The summed E-state index contributed by atoms with van der Waals surface area (Å²) in [4.78, 5) is 21.0. The van der Waals surface area contributed by atoms with E-state index in [9.17, 15) is 4.79 Å². The highest BCUT2D eigenvalue weighted by molar-refractivity contribution is 5.99. The maximum Gasteiger partial charge on any atom is 0.257 e. The molecule has 0 saturated carbocycles. The summed E-state index contributed by atoms with van der Waals surface area (Å²) in [6, 6.07) is 2.16. The molecule has 1 fully saturated rings. The highest BCUT2D eigenvalue weighted by Gasteiger charge is 2.26. The molecule has 1 aliphatic heterocycles. The molecule has 2 rings (SSSR count). The molecule has 1 amide bonds. The zero-order valence-corrected chi connectivity index (χ0v) is 12.6. The molecule has 20 heavy (non-hydrogen) atoms. The number of nitrogens with one attached hydrogen (secondary N) is 1. The molecule has 0 unspecified atom stereocenters. The number of nitrogens with zero attached hydrogens (tertiary/aromatic N) is 3. The number of hydrogen-bond acceptors (Lipinski definition) is 4. The van der Waals surface area contributed by atoms with Crippen LogP contribution in [0.25, 0.3) is 0 Å². The fourth-order valence-corrected chi connectivity index (χ4v) is 2.76. The maximum atomic E-state index is 12.6. The van der Waals surface area contributed by atoms with Crippen LogP contribution in [0, 0.1) is 0 Å². The van der Waals surface area contributed by atoms with E-state index >= 15 is 0 Å². The highest BCUT2D eigenvalue weighted by atomic mass is 16.2. The van der Waals surface area contributed by atoms with Crippen LogP contribution >= 0.6 is 0 Å². The van der Waals surface area contributed by atoms with E-state index in [0.29, 0.717) is 11.6 Å². The first-order chi connectivity index (χ1) is 9.67. The first-order valence-electron chi connectivity index (χ1n) is 7.28. The van der Waals surface area contributed by atoms with Crippen LogP contribution in [0.4, 0.5) is 5.69 Å². The van der Waals surface area contributed by atoms with Crippen LogP contribution in [-0.4, -0.2) is 60.5 Å². The fraction of sp³-hybridized carbons (Fsp3) is 0.600. The van der Waals surface area contributed by atoms with Gasteiger partial charge in [-0.3, -0.25) is 9.78 Å². The van der Waals surface area contributed by atoms with Crippen LogP contribution in [0.3, 0.4) is 0 Å². The minimum absolute atomic E-state index is 0.0531. The number of piperidine rings is 1. The molecule has 110 valence electrons. The van der Waals surface area contributed by atoms with Gasteiger partial charge in [-0.15, -0.1) is 0 Å². The zero-order chi connectivity index (χ0) is 14.5. The largest absolute Gasteiger partial charge is 0.387 e. The van der Waals surface area contributed by atoms with Crippen molar-refractivity contribution in [2.75, 3.05) is 39.0 Å². The van der Waals surface area contributed by atoms with Gasteiger partial charge in [0.1, 0.15) is 0 Å². The second kappa shape index (κ2) is 6.70. The molecule has 0 atom stereocenters. The molecular weight excluding hydrogens is 252 g/mol. The molecule has 0 spiro atoms. The molecule has 1 N–H and O–H groups in total. The van der Waals surface area contributed by atoms with Gasteiger partial charge in [-0.1, -0.05) is 6.92 Å². The Morgan fingerprint density at radius 2 is 2.20 bits per heavy atom. The molecular formula is C15H24N4O. The summed E-state index contributed by atoms with van der Waals surface area (Å²) in [6.45, 7) is 5.43. The predicted octanol–water partition coefficient (Wildman–Crippen LogP) is 1.68. The van der Waals surface area contributed by atoms with E-state index in [4.69, 9.17) is 0 Å². The number of hydrogen-bond donors (Lipinski definition) is 1. The molecule has 1 aromatic rings. The summed E-state index contributed by atoms with van der Waals surface area (Å²) in [5.41, 5.74) is 1.48. The van der Waals surface area contributed by atoms with Gasteiger partial charge in [-0.25, -0.2) is 0 Å². The molecule has 2 heterocycles. The lowest BCUT2D eigenvalue weighted by Gasteiger charge is -2.36. The Labute approximate surface area is 121 Å². The normalized spacial score (nSPS) is 16.9. The minimum Gasteiger partial charge on any atom is -0.387 e. The molecule has 1 saturated heterocycles. The second-order valence-corrected chi connectivity index (χ2v) is 5.25. The monoisotopic (exact) mass is 276 g/mol. The van der Waals surface area contributed by atoms with Gasteiger partial charge in [0.05, 0.1) is 5.56 Å². The van der Waals surface area contributed by atoms with Gasteiger partial charge in [0.2, 0.25) is 0 Å². The molecule has 5 nitrogen and oxygen atoms in total. The third-order valence-electron chi connectivity index (χ3n) is 4.19. The first-order valence-corrected chi connectivity index (χ1v) is 7.28. The molecule has 0 aromatic carbocycles. The topological polar surface area (TPSA) is 48.5 Å². The highest BCUT2D eigenvalue weighted by Crippen LogP contribution is 2.20. The van der Waals surface area contributed by atoms with E-state index in [1.54, 1.807) is 12.4 Å². The van der Waals surface area contributed by atoms with Crippen LogP contribution in [0.5, 0.6) is 0 Å². The average molecular weight is 276 g/mol. The number of aromatic nitrogens is 1. The Kier molecular flexibility index (Phi) is 4.95. The number of pyridine rings is 1. The Balaban J connectivity index is 2.05. The van der Waals surface area contributed by atoms with Gasteiger partial charge in [0.15, 0.2) is 0 Å². The Morgan fingerprint density at radius 1 is 1.50 bits per heavy atom. The number of anilines is 1. The Hall–Kier alpha value is -1.62. The summed E-state index contributed by atoms with van der Waals surface area (Å²) in [5, 5.41) is 3.05. The molecule has 1 aliphatic rings. The van der Waals surface area contributed by atoms with Crippen LogP contribution in [0.2, 0.25) is 0 Å². The fourth-order valence-electron chi connectivity index (χ4n) is 2.76. The van der Waals surface area contributed by atoms with E-state index in [0.717, 1.165) is 38.2 Å². The molecule has 0 aliphatic carbocycles. The minimum atomic E-state index is 0.0531. The maximum absolute atomic E-state index is 12.6. The van der Waals surface area contributed by atoms with Gasteiger partial charge in [-0.05, 0) is 25.5 Å². The zero-order valence-electron chi connectivity index (χ0n) is 12.6. The molecule has 0 bridgehead atoms. The summed E-state index contributed by atoms with van der Waals surface area (Å²) >= 11 is 0. The van der Waals surface area contributed by atoms with Crippen LogP contribution < -0.4 is 5.32 Å². The third kappa shape index (κ3) is 3.10. The first kappa shape index (κ1) is 14.8. The standard InChI is InChI=1S/C15H24N4O/c1-4-19-9-6-12(7-10-19)18(3)15(20)13-11-17-8-5-14(13)16-2/h5,8,11-12H,4,6-7,9-10H2,1-3H3,(H,16,17). The van der Waals surface area contributed by atoms with Crippen molar-refractivity contribution >= 4 is 11.6 Å². The number of amides is 1. The third-order valence-corrected chi connectivity index (χ3v) is 4.19. The lowest BCUT2D eigenvalue weighted by molar-refractivity contribution is 0.0647. The van der Waals surface area contributed by atoms with Crippen molar-refractivity contribution in [1.29, 1.82) is 0 Å². The van der Waals surface area contributed by atoms with Crippen molar-refractivity contribution in [2.24, 2.45) is 0 Å². The van der Waals surface area contributed by atoms with Crippen molar-refractivity contribution in [1.82, 2.24) is 14.8 Å². The van der Waals surface area contributed by atoms with Crippen molar-refractivity contribution in [3.63, 3.8) is 0 Å². The van der Waals surface area contributed by atoms with E-state index in [1.165, 1.54) is 0 Å². The van der Waals surface area contributed by atoms with Crippen LogP contribution in [0.15, 0.2) is 18.5 Å². The number of carbonyl (C=O) groups is 1. The summed E-state index contributed by atoms with van der Waals surface area (Å²) < 4.78 is 0. The van der Waals surface area contributed by atoms with Gasteiger partial charge < -0.3 is 15.1 Å². The van der Waals surface area contributed by atoms with E-state index in [-0.39, 0.29) is 5.91 Å². The van der Waals surface area contributed by atoms with E-state index < -0.39 is 0 Å². The van der Waals surface area contributed by atoms with Crippen molar-refractivity contribution in [2.45, 2.75) is 25.8 Å². The van der Waals surface area contributed by atoms with Gasteiger partial charge in [0, 0.05) is 51.3 Å². The number of rotatable bonds is 4. The van der Waals surface area contributed by atoms with Crippen molar-refractivity contribution in [3.8, 4) is 0 Å².